The highest BCUT2D eigenvalue weighted by Crippen LogP contribution is 2.25. The van der Waals surface area contributed by atoms with Crippen LogP contribution >= 0.6 is 11.6 Å². The number of halogens is 1. The predicted molar refractivity (Wildman–Crippen MR) is 81.4 cm³/mol. The van der Waals surface area contributed by atoms with Gasteiger partial charge in [0.1, 0.15) is 17.3 Å². The van der Waals surface area contributed by atoms with Crippen molar-refractivity contribution in [3.63, 3.8) is 0 Å². The first kappa shape index (κ1) is 14.9. The maximum atomic E-state index is 11.9. The molecule has 6 nitrogen and oxygen atoms in total. The normalized spacial score (nSPS) is 9.86. The van der Waals surface area contributed by atoms with Gasteiger partial charge < -0.3 is 14.8 Å². The lowest BCUT2D eigenvalue weighted by Gasteiger charge is -2.10. The highest BCUT2D eigenvalue weighted by Gasteiger charge is 2.07. The number of nitrogens with zero attached hydrogens (tertiary/aromatic N) is 1. The Kier molecular flexibility index (Phi) is 4.84. The monoisotopic (exact) mass is 307 g/mol. The van der Waals surface area contributed by atoms with Crippen molar-refractivity contribution >= 4 is 29.1 Å². The molecule has 2 amide bonds. The summed E-state index contributed by atoms with van der Waals surface area (Å²) in [6.07, 6.45) is 1.51. The minimum Gasteiger partial charge on any atom is -0.497 e. The molecule has 0 aliphatic heterocycles. The molecule has 21 heavy (non-hydrogen) atoms. The molecule has 0 saturated heterocycles. The van der Waals surface area contributed by atoms with Gasteiger partial charge in [-0.25, -0.2) is 9.78 Å². The second kappa shape index (κ2) is 6.81. The largest absolute Gasteiger partial charge is 0.497 e. The van der Waals surface area contributed by atoms with Gasteiger partial charge in [0.05, 0.1) is 14.2 Å². The average molecular weight is 308 g/mol. The number of methoxy groups -OCH3 is 2. The molecule has 0 bridgehead atoms. The van der Waals surface area contributed by atoms with Crippen LogP contribution in [-0.4, -0.2) is 25.2 Å². The molecule has 0 aliphatic rings. The van der Waals surface area contributed by atoms with Gasteiger partial charge in [-0.2, -0.15) is 0 Å². The molecule has 0 radical (unpaired) electrons. The summed E-state index contributed by atoms with van der Waals surface area (Å²) in [7, 11) is 3.07. The maximum absolute atomic E-state index is 11.9. The molecule has 110 valence electrons. The molecule has 2 aromatic rings. The van der Waals surface area contributed by atoms with Gasteiger partial charge in [-0.1, -0.05) is 11.6 Å². The van der Waals surface area contributed by atoms with Crippen LogP contribution in [0.15, 0.2) is 36.5 Å². The van der Waals surface area contributed by atoms with E-state index >= 15 is 0 Å². The second-order valence-electron chi connectivity index (χ2n) is 4.04. The van der Waals surface area contributed by atoms with E-state index in [1.807, 2.05) is 0 Å². The number of benzene rings is 1. The quantitative estimate of drug-likeness (QED) is 0.908. The number of anilines is 2. The Balaban J connectivity index is 2.08. The van der Waals surface area contributed by atoms with Crippen LogP contribution in [0.5, 0.6) is 11.5 Å². The summed E-state index contributed by atoms with van der Waals surface area (Å²) in [5.74, 6) is 1.51. The van der Waals surface area contributed by atoms with Gasteiger partial charge in [-0.05, 0) is 12.1 Å². The minimum atomic E-state index is -0.444. The third-order valence-electron chi connectivity index (χ3n) is 2.57. The number of amides is 2. The van der Waals surface area contributed by atoms with E-state index in [1.165, 1.54) is 20.4 Å². The molecule has 2 N–H and O–H groups in total. The van der Waals surface area contributed by atoms with Gasteiger partial charge in [-0.3, -0.25) is 5.32 Å². The fourth-order valence-corrected chi connectivity index (χ4v) is 1.79. The lowest BCUT2D eigenvalue weighted by Crippen LogP contribution is -2.20. The standard InChI is InChI=1S/C14H14ClN3O3/c1-20-11-6-10(7-12(8-11)21-2)17-14(19)18-13-5-9(15)3-4-16-13/h3-8H,1-2H3,(H2,16,17,18,19). The van der Waals surface area contributed by atoms with E-state index in [-0.39, 0.29) is 0 Å². The Labute approximate surface area is 127 Å². The van der Waals surface area contributed by atoms with E-state index in [2.05, 4.69) is 15.6 Å². The van der Waals surface area contributed by atoms with Gasteiger partial charge >= 0.3 is 6.03 Å². The van der Waals surface area contributed by atoms with Crippen LogP contribution in [-0.2, 0) is 0 Å². The van der Waals surface area contributed by atoms with Gasteiger partial charge in [-0.15, -0.1) is 0 Å². The number of ether oxygens (including phenoxy) is 2. The molecule has 1 aromatic carbocycles. The van der Waals surface area contributed by atoms with Gasteiger partial charge in [0.25, 0.3) is 0 Å². The molecule has 0 aliphatic carbocycles. The molecule has 0 unspecified atom stereocenters. The summed E-state index contributed by atoms with van der Waals surface area (Å²) in [6, 6.07) is 7.79. The molecular formula is C14H14ClN3O3. The van der Waals surface area contributed by atoms with E-state index in [0.29, 0.717) is 28.0 Å². The topological polar surface area (TPSA) is 72.5 Å². The Morgan fingerprint density at radius 1 is 1.10 bits per heavy atom. The zero-order valence-electron chi connectivity index (χ0n) is 11.5. The third-order valence-corrected chi connectivity index (χ3v) is 2.81. The Morgan fingerprint density at radius 2 is 1.76 bits per heavy atom. The van der Waals surface area contributed by atoms with Crippen LogP contribution < -0.4 is 20.1 Å². The fraction of sp³-hybridized carbons (Fsp3) is 0.143. The molecule has 0 spiro atoms. The van der Waals surface area contributed by atoms with Crippen molar-refractivity contribution in [2.45, 2.75) is 0 Å². The van der Waals surface area contributed by atoms with Crippen molar-refractivity contribution in [2.75, 3.05) is 24.9 Å². The molecule has 1 aromatic heterocycles. The number of urea groups is 1. The van der Waals surface area contributed by atoms with E-state index in [9.17, 15) is 4.79 Å². The lowest BCUT2D eigenvalue weighted by molar-refractivity contribution is 0.262. The first-order valence-electron chi connectivity index (χ1n) is 6.03. The SMILES string of the molecule is COc1cc(NC(=O)Nc2cc(Cl)ccn2)cc(OC)c1. The summed E-state index contributed by atoms with van der Waals surface area (Å²) < 4.78 is 10.3. The average Bonchev–Trinajstić information content (AvgIpc) is 2.46. The summed E-state index contributed by atoms with van der Waals surface area (Å²) in [5, 5.41) is 5.73. The van der Waals surface area contributed by atoms with E-state index in [4.69, 9.17) is 21.1 Å². The lowest BCUT2D eigenvalue weighted by atomic mass is 10.3. The van der Waals surface area contributed by atoms with Crippen molar-refractivity contribution in [2.24, 2.45) is 0 Å². The van der Waals surface area contributed by atoms with E-state index in [0.717, 1.165) is 0 Å². The van der Waals surface area contributed by atoms with Crippen molar-refractivity contribution in [3.05, 3.63) is 41.6 Å². The van der Waals surface area contributed by atoms with Crippen molar-refractivity contribution in [1.82, 2.24) is 4.98 Å². The third kappa shape index (κ3) is 4.25. The van der Waals surface area contributed by atoms with E-state index < -0.39 is 6.03 Å². The summed E-state index contributed by atoms with van der Waals surface area (Å²) in [4.78, 5) is 15.9. The van der Waals surface area contributed by atoms with E-state index in [1.54, 1.807) is 30.3 Å². The molecule has 7 heteroatoms. The van der Waals surface area contributed by atoms with Crippen molar-refractivity contribution in [1.29, 1.82) is 0 Å². The van der Waals surface area contributed by atoms with Gasteiger partial charge in [0.2, 0.25) is 0 Å². The van der Waals surface area contributed by atoms with Crippen LogP contribution in [0, 0.1) is 0 Å². The maximum Gasteiger partial charge on any atom is 0.324 e. The molecular weight excluding hydrogens is 294 g/mol. The zero-order chi connectivity index (χ0) is 15.2. The zero-order valence-corrected chi connectivity index (χ0v) is 12.3. The number of hydrogen-bond donors (Lipinski definition) is 2. The number of aromatic nitrogens is 1. The van der Waals surface area contributed by atoms with Crippen molar-refractivity contribution in [3.8, 4) is 11.5 Å². The predicted octanol–water partition coefficient (Wildman–Crippen LogP) is 3.40. The van der Waals surface area contributed by atoms with Crippen LogP contribution in [0.3, 0.4) is 0 Å². The minimum absolute atomic E-state index is 0.356. The summed E-state index contributed by atoms with van der Waals surface area (Å²) in [6.45, 7) is 0. The number of rotatable bonds is 4. The molecule has 0 saturated carbocycles. The highest BCUT2D eigenvalue weighted by molar-refractivity contribution is 6.30. The van der Waals surface area contributed by atoms with Gasteiger partial charge in [0, 0.05) is 35.1 Å². The second-order valence-corrected chi connectivity index (χ2v) is 4.48. The van der Waals surface area contributed by atoms with Gasteiger partial charge in [0.15, 0.2) is 0 Å². The molecule has 1 heterocycles. The number of carbonyl (C=O) groups is 1. The highest BCUT2D eigenvalue weighted by atomic mass is 35.5. The van der Waals surface area contributed by atoms with Crippen molar-refractivity contribution < 1.29 is 14.3 Å². The first-order chi connectivity index (χ1) is 10.1. The fourth-order valence-electron chi connectivity index (χ4n) is 1.63. The number of hydrogen-bond acceptors (Lipinski definition) is 4. The number of pyridine rings is 1. The molecule has 0 fully saturated rings. The van der Waals surface area contributed by atoms with Crippen LogP contribution in [0.1, 0.15) is 0 Å². The molecule has 0 atom stereocenters. The Bertz CT molecular complexity index is 627. The Morgan fingerprint density at radius 3 is 2.33 bits per heavy atom. The number of carbonyl (C=O) groups excluding carboxylic acids is 1. The number of nitrogens with one attached hydrogen (secondary N) is 2. The van der Waals surface area contributed by atoms with Crippen LogP contribution in [0.2, 0.25) is 5.02 Å². The van der Waals surface area contributed by atoms with Crippen LogP contribution in [0.4, 0.5) is 16.3 Å². The summed E-state index contributed by atoms with van der Waals surface area (Å²) in [5.41, 5.74) is 0.533. The summed E-state index contributed by atoms with van der Waals surface area (Å²) >= 11 is 5.82. The van der Waals surface area contributed by atoms with Crippen LogP contribution in [0.25, 0.3) is 0 Å². The molecule has 2 rings (SSSR count). The Hall–Kier alpha value is -2.47. The smallest absolute Gasteiger partial charge is 0.324 e. The first-order valence-corrected chi connectivity index (χ1v) is 6.41.